The molecule has 9 heteroatoms. The van der Waals surface area contributed by atoms with Gasteiger partial charge in [-0.25, -0.2) is 0 Å². The maximum absolute atomic E-state index is 12.5. The van der Waals surface area contributed by atoms with Crippen molar-refractivity contribution in [1.29, 1.82) is 0 Å². The van der Waals surface area contributed by atoms with Gasteiger partial charge in [0, 0.05) is 18.2 Å². The summed E-state index contributed by atoms with van der Waals surface area (Å²) in [5, 5.41) is 10.9. The van der Waals surface area contributed by atoms with Crippen LogP contribution in [0.5, 0.6) is 0 Å². The van der Waals surface area contributed by atoms with Crippen LogP contribution < -0.4 is 4.80 Å². The molecule has 1 aromatic heterocycles. The van der Waals surface area contributed by atoms with Crippen LogP contribution in [0.2, 0.25) is 0 Å². The molecule has 3 aromatic rings. The van der Waals surface area contributed by atoms with Gasteiger partial charge in [-0.05, 0) is 35.3 Å². The first-order chi connectivity index (χ1) is 14.8. The van der Waals surface area contributed by atoms with Crippen molar-refractivity contribution >= 4 is 45.2 Å². The van der Waals surface area contributed by atoms with E-state index in [9.17, 15) is 19.7 Å². The maximum atomic E-state index is 12.5. The van der Waals surface area contributed by atoms with Gasteiger partial charge in [-0.1, -0.05) is 43.4 Å². The lowest BCUT2D eigenvalue weighted by atomic mass is 10.0. The summed E-state index contributed by atoms with van der Waals surface area (Å²) in [4.78, 5) is 39.3. The van der Waals surface area contributed by atoms with Gasteiger partial charge in [0.25, 0.3) is 11.6 Å². The predicted molar refractivity (Wildman–Crippen MR) is 119 cm³/mol. The van der Waals surface area contributed by atoms with E-state index in [1.54, 1.807) is 16.7 Å². The van der Waals surface area contributed by atoms with Gasteiger partial charge in [0.1, 0.15) is 6.54 Å². The summed E-state index contributed by atoms with van der Waals surface area (Å²) in [6.45, 7) is 4.11. The minimum absolute atomic E-state index is 0.0621. The third-order valence-corrected chi connectivity index (χ3v) is 5.63. The average Bonchev–Trinajstić information content (AvgIpc) is 3.08. The number of aromatic nitrogens is 1. The monoisotopic (exact) mass is 439 g/mol. The zero-order valence-electron chi connectivity index (χ0n) is 17.3. The van der Waals surface area contributed by atoms with Crippen LogP contribution in [0.1, 0.15) is 30.9 Å². The highest BCUT2D eigenvalue weighted by molar-refractivity contribution is 7.16. The zero-order chi connectivity index (χ0) is 22.5. The van der Waals surface area contributed by atoms with Crippen molar-refractivity contribution in [1.82, 2.24) is 4.57 Å². The Bertz CT molecular complexity index is 1250. The van der Waals surface area contributed by atoms with E-state index in [1.165, 1.54) is 42.7 Å². The Hall–Kier alpha value is -3.59. The summed E-state index contributed by atoms with van der Waals surface area (Å²) in [7, 11) is 1.30. The van der Waals surface area contributed by atoms with Crippen LogP contribution in [0.3, 0.4) is 0 Å². The van der Waals surface area contributed by atoms with Gasteiger partial charge in [-0.2, -0.15) is 4.99 Å². The van der Waals surface area contributed by atoms with Crippen LogP contribution in [0, 0.1) is 10.1 Å². The molecule has 0 unspecified atom stereocenters. The first-order valence-electron chi connectivity index (χ1n) is 9.50. The van der Waals surface area contributed by atoms with Crippen molar-refractivity contribution in [2.75, 3.05) is 7.11 Å². The third-order valence-electron chi connectivity index (χ3n) is 4.59. The number of methoxy groups -OCH3 is 1. The summed E-state index contributed by atoms with van der Waals surface area (Å²) in [5.41, 5.74) is 2.38. The predicted octanol–water partition coefficient (Wildman–Crippen LogP) is 4.05. The van der Waals surface area contributed by atoms with Gasteiger partial charge in [0.2, 0.25) is 0 Å². The molecule has 2 aromatic carbocycles. The molecule has 0 radical (unpaired) electrons. The van der Waals surface area contributed by atoms with Gasteiger partial charge in [-0.15, -0.1) is 0 Å². The summed E-state index contributed by atoms with van der Waals surface area (Å²) in [5.74, 6) is -0.658. The molecular formula is C22H21N3O5S. The fourth-order valence-corrected chi connectivity index (χ4v) is 4.00. The highest BCUT2D eigenvalue weighted by atomic mass is 32.1. The lowest BCUT2D eigenvalue weighted by Gasteiger charge is -2.06. The SMILES string of the molecule is COC(=O)Cn1c(=NC(=O)/C=C/c2cccc([N+](=O)[O-])c2)sc2cc(C(C)C)ccc21. The Morgan fingerprint density at radius 2 is 2.03 bits per heavy atom. The number of fused-ring (bicyclic) bond motifs is 1. The summed E-state index contributed by atoms with van der Waals surface area (Å²) < 4.78 is 7.33. The first-order valence-corrected chi connectivity index (χ1v) is 10.3. The molecule has 0 aliphatic rings. The van der Waals surface area contributed by atoms with Crippen molar-refractivity contribution in [3.63, 3.8) is 0 Å². The number of non-ortho nitro benzene ring substituents is 1. The summed E-state index contributed by atoms with van der Waals surface area (Å²) >= 11 is 1.31. The van der Waals surface area contributed by atoms with Crippen molar-refractivity contribution in [2.45, 2.75) is 26.3 Å². The van der Waals surface area contributed by atoms with E-state index < -0.39 is 16.8 Å². The minimum Gasteiger partial charge on any atom is -0.468 e. The van der Waals surface area contributed by atoms with Crippen molar-refractivity contribution in [3.05, 3.63) is 74.6 Å². The van der Waals surface area contributed by atoms with Crippen LogP contribution in [0.4, 0.5) is 5.69 Å². The highest BCUT2D eigenvalue weighted by Gasteiger charge is 2.13. The maximum Gasteiger partial charge on any atom is 0.325 e. The third kappa shape index (κ3) is 5.32. The lowest BCUT2D eigenvalue weighted by molar-refractivity contribution is -0.384. The second-order valence-electron chi connectivity index (χ2n) is 7.06. The zero-order valence-corrected chi connectivity index (χ0v) is 18.1. The summed E-state index contributed by atoms with van der Waals surface area (Å²) in [6, 6.07) is 11.9. The number of thiazole rings is 1. The highest BCUT2D eigenvalue weighted by Crippen LogP contribution is 2.23. The van der Waals surface area contributed by atoms with Crippen molar-refractivity contribution in [3.8, 4) is 0 Å². The molecule has 0 bridgehead atoms. The number of nitro benzene ring substituents is 1. The molecule has 1 heterocycles. The fraction of sp³-hybridized carbons (Fsp3) is 0.227. The molecule has 0 fully saturated rings. The number of amides is 1. The number of ether oxygens (including phenoxy) is 1. The largest absolute Gasteiger partial charge is 0.468 e. The fourth-order valence-electron chi connectivity index (χ4n) is 2.92. The molecule has 0 saturated carbocycles. The van der Waals surface area contributed by atoms with Crippen molar-refractivity contribution < 1.29 is 19.2 Å². The normalized spacial score (nSPS) is 12.1. The lowest BCUT2D eigenvalue weighted by Crippen LogP contribution is -2.22. The molecule has 0 aliphatic carbocycles. The van der Waals surface area contributed by atoms with E-state index in [2.05, 4.69) is 18.8 Å². The summed E-state index contributed by atoms with van der Waals surface area (Å²) in [6.07, 6.45) is 2.71. The molecule has 3 rings (SSSR count). The van der Waals surface area contributed by atoms with E-state index >= 15 is 0 Å². The van der Waals surface area contributed by atoms with E-state index in [0.29, 0.717) is 16.3 Å². The standard InChI is InChI=1S/C22H21N3O5S/c1-14(2)16-8-9-18-19(12-16)31-22(24(18)13-21(27)30-3)23-20(26)10-7-15-5-4-6-17(11-15)25(28)29/h4-12,14H,13H2,1-3H3/b10-7+,23-22?. The Balaban J connectivity index is 2.00. The number of hydrogen-bond donors (Lipinski definition) is 0. The van der Waals surface area contributed by atoms with E-state index in [4.69, 9.17) is 4.74 Å². The van der Waals surface area contributed by atoms with Crippen LogP contribution in [0.15, 0.2) is 53.5 Å². The Morgan fingerprint density at radius 1 is 1.26 bits per heavy atom. The van der Waals surface area contributed by atoms with Crippen LogP contribution in [-0.4, -0.2) is 28.5 Å². The van der Waals surface area contributed by atoms with Gasteiger partial charge < -0.3 is 9.30 Å². The van der Waals surface area contributed by atoms with E-state index in [1.807, 2.05) is 18.2 Å². The number of rotatable bonds is 6. The first kappa shape index (κ1) is 22.1. The molecule has 160 valence electrons. The second kappa shape index (κ2) is 9.48. The number of nitrogens with zero attached hydrogens (tertiary/aromatic N) is 3. The van der Waals surface area contributed by atoms with E-state index in [0.717, 1.165) is 15.8 Å². The Labute approximate surface area is 182 Å². The Kier molecular flexibility index (Phi) is 6.76. The average molecular weight is 439 g/mol. The van der Waals surface area contributed by atoms with Crippen LogP contribution in [-0.2, 0) is 20.9 Å². The number of carbonyl (C=O) groups is 2. The Morgan fingerprint density at radius 3 is 2.71 bits per heavy atom. The number of carbonyl (C=O) groups excluding carboxylic acids is 2. The van der Waals surface area contributed by atoms with Gasteiger partial charge in [-0.3, -0.25) is 19.7 Å². The molecule has 0 N–H and O–H groups in total. The smallest absolute Gasteiger partial charge is 0.325 e. The molecule has 0 saturated heterocycles. The number of esters is 1. The molecule has 1 amide bonds. The molecule has 0 spiro atoms. The molecule has 8 nitrogen and oxygen atoms in total. The number of nitro groups is 1. The van der Waals surface area contributed by atoms with Gasteiger partial charge in [0.15, 0.2) is 4.80 Å². The molecule has 31 heavy (non-hydrogen) atoms. The number of benzene rings is 2. The van der Waals surface area contributed by atoms with Gasteiger partial charge >= 0.3 is 5.97 Å². The minimum atomic E-state index is -0.541. The number of hydrogen-bond acceptors (Lipinski definition) is 6. The topological polar surface area (TPSA) is 104 Å². The van der Waals surface area contributed by atoms with Crippen LogP contribution in [0.25, 0.3) is 16.3 Å². The molecular weight excluding hydrogens is 418 g/mol. The molecule has 0 atom stereocenters. The van der Waals surface area contributed by atoms with Crippen LogP contribution >= 0.6 is 11.3 Å². The van der Waals surface area contributed by atoms with E-state index in [-0.39, 0.29) is 12.2 Å². The second-order valence-corrected chi connectivity index (χ2v) is 8.07. The van der Waals surface area contributed by atoms with Gasteiger partial charge in [0.05, 0.1) is 22.2 Å². The van der Waals surface area contributed by atoms with Crippen molar-refractivity contribution in [2.24, 2.45) is 4.99 Å². The molecule has 0 aliphatic heterocycles. The quantitative estimate of drug-likeness (QED) is 0.249.